The zero-order chi connectivity index (χ0) is 30.4. The summed E-state index contributed by atoms with van der Waals surface area (Å²) in [6, 6.07) is 9.50. The average molecular weight is 632 g/mol. The van der Waals surface area contributed by atoms with E-state index in [1.807, 2.05) is 0 Å². The molecule has 0 saturated heterocycles. The third-order valence-electron chi connectivity index (χ3n) is 6.47. The molecule has 0 radical (unpaired) electrons. The molecule has 1 aliphatic carbocycles. The number of nitrogens with zero attached hydrogens (tertiary/aromatic N) is 6. The van der Waals surface area contributed by atoms with Crippen molar-refractivity contribution in [2.45, 2.75) is 50.2 Å². The van der Waals surface area contributed by atoms with Gasteiger partial charge in [0.2, 0.25) is 0 Å². The van der Waals surface area contributed by atoms with Crippen LogP contribution in [-0.4, -0.2) is 64.4 Å². The molecule has 0 bridgehead atoms. The van der Waals surface area contributed by atoms with E-state index < -0.39 is 61.8 Å². The third-order valence-corrected chi connectivity index (χ3v) is 7.03. The van der Waals surface area contributed by atoms with Gasteiger partial charge in [-0.05, 0) is 36.4 Å². The smallest absolute Gasteiger partial charge is 0.382 e. The summed E-state index contributed by atoms with van der Waals surface area (Å²) in [5, 5.41) is 21.0. The second kappa shape index (κ2) is 11.1. The van der Waals surface area contributed by atoms with Crippen molar-refractivity contribution >= 4 is 29.1 Å². The zero-order valence-electron chi connectivity index (χ0n) is 21.2. The highest BCUT2D eigenvalue weighted by Gasteiger charge is 2.46. The molecule has 2 aromatic carbocycles. The van der Waals surface area contributed by atoms with E-state index in [1.165, 1.54) is 48.8 Å². The summed E-state index contributed by atoms with van der Waals surface area (Å²) in [5.41, 5.74) is -0.593. The van der Waals surface area contributed by atoms with Crippen molar-refractivity contribution in [2.75, 3.05) is 0 Å². The monoisotopic (exact) mass is 631 g/mol. The van der Waals surface area contributed by atoms with Crippen LogP contribution in [0.5, 0.6) is 0 Å². The number of benzene rings is 2. The maximum atomic E-state index is 13.2. The van der Waals surface area contributed by atoms with Crippen molar-refractivity contribution in [1.29, 1.82) is 0 Å². The fourth-order valence-electron chi connectivity index (χ4n) is 4.37. The molecule has 0 aliphatic heterocycles. The van der Waals surface area contributed by atoms with E-state index in [2.05, 4.69) is 20.5 Å². The lowest BCUT2D eigenvalue weighted by molar-refractivity contribution is -0.207. The first-order valence-electron chi connectivity index (χ1n) is 12.3. The molecule has 1 atom stereocenters. The molecule has 0 unspecified atom stereocenters. The summed E-state index contributed by atoms with van der Waals surface area (Å²) < 4.78 is 68.4. The van der Waals surface area contributed by atoms with E-state index in [9.17, 15) is 36.6 Å². The van der Waals surface area contributed by atoms with Crippen molar-refractivity contribution in [1.82, 2.24) is 34.4 Å². The van der Waals surface area contributed by atoms with Gasteiger partial charge in [-0.15, -0.1) is 10.2 Å². The molecule has 2 heterocycles. The number of nitrogens with one attached hydrogen (secondary N) is 1. The highest BCUT2D eigenvalue weighted by molar-refractivity contribution is 6.33. The Kier molecular flexibility index (Phi) is 7.85. The maximum absolute atomic E-state index is 13.2. The van der Waals surface area contributed by atoms with Crippen LogP contribution in [0.2, 0.25) is 10.0 Å². The number of alkyl halides is 5. The minimum atomic E-state index is -4.99. The predicted molar refractivity (Wildman–Crippen MR) is 140 cm³/mol. The van der Waals surface area contributed by atoms with Gasteiger partial charge in [0.1, 0.15) is 12.9 Å². The van der Waals surface area contributed by atoms with Gasteiger partial charge in [-0.3, -0.25) is 9.36 Å². The Labute approximate surface area is 243 Å². The molecule has 2 aromatic heterocycles. The standard InChI is InChI=1S/C25H20Cl2F5N7O3/c26-14-6-4-13(5-7-14)21-36-38(23(42)37(21)10-18(40)25(30,31)32)11-19-33-12-39(35-19)20-16(2-1-3-17(20)27)22(41)34-15-8-24(28,29)9-15/h1-7,12,15,18,40H,8-11H2,(H,34,41)/t18-/m1/s1. The molecule has 222 valence electrons. The Balaban J connectivity index is 1.44. The summed E-state index contributed by atoms with van der Waals surface area (Å²) in [5.74, 6) is -3.67. The van der Waals surface area contributed by atoms with Gasteiger partial charge >= 0.3 is 11.9 Å². The van der Waals surface area contributed by atoms with Crippen molar-refractivity contribution in [3.05, 3.63) is 80.7 Å². The molecule has 1 fully saturated rings. The first kappa shape index (κ1) is 29.7. The number of carbonyl (C=O) groups is 1. The van der Waals surface area contributed by atoms with Gasteiger partial charge in [0.15, 0.2) is 17.8 Å². The highest BCUT2D eigenvalue weighted by atomic mass is 35.5. The molecule has 17 heteroatoms. The molecule has 1 aliphatic rings. The van der Waals surface area contributed by atoms with Gasteiger partial charge in [0.05, 0.1) is 22.8 Å². The number of hydrogen-bond donors (Lipinski definition) is 2. The van der Waals surface area contributed by atoms with Crippen molar-refractivity contribution in [3.8, 4) is 17.1 Å². The van der Waals surface area contributed by atoms with Crippen LogP contribution >= 0.6 is 23.2 Å². The van der Waals surface area contributed by atoms with Gasteiger partial charge in [-0.1, -0.05) is 29.3 Å². The number of aliphatic hydroxyl groups is 1. The second-order valence-corrected chi connectivity index (χ2v) is 10.5. The molecule has 4 aromatic rings. The molecule has 0 spiro atoms. The van der Waals surface area contributed by atoms with E-state index in [-0.39, 0.29) is 33.5 Å². The highest BCUT2D eigenvalue weighted by Crippen LogP contribution is 2.37. The first-order valence-corrected chi connectivity index (χ1v) is 13.0. The Bertz CT molecular complexity index is 1680. The van der Waals surface area contributed by atoms with Gasteiger partial charge in [0, 0.05) is 29.5 Å². The Morgan fingerprint density at radius 1 is 1.12 bits per heavy atom. The lowest BCUT2D eigenvalue weighted by Crippen LogP contribution is -2.50. The van der Waals surface area contributed by atoms with Crippen molar-refractivity contribution < 1.29 is 31.9 Å². The lowest BCUT2D eigenvalue weighted by atomic mass is 9.88. The molecule has 1 saturated carbocycles. The van der Waals surface area contributed by atoms with E-state index >= 15 is 0 Å². The van der Waals surface area contributed by atoms with E-state index in [4.69, 9.17) is 23.2 Å². The van der Waals surface area contributed by atoms with Crippen LogP contribution < -0.4 is 11.0 Å². The molecule has 5 rings (SSSR count). The van der Waals surface area contributed by atoms with Gasteiger partial charge < -0.3 is 10.4 Å². The number of halogens is 7. The van der Waals surface area contributed by atoms with Crippen LogP contribution in [0.3, 0.4) is 0 Å². The fourth-order valence-corrected chi connectivity index (χ4v) is 4.75. The average Bonchev–Trinajstić information content (AvgIpc) is 3.47. The number of aromatic nitrogens is 6. The summed E-state index contributed by atoms with van der Waals surface area (Å²) in [6.45, 7) is -1.52. The fraction of sp³-hybridized carbons (Fsp3) is 0.320. The number of rotatable bonds is 8. The quantitative estimate of drug-likeness (QED) is 0.283. The molecule has 10 nitrogen and oxygen atoms in total. The Morgan fingerprint density at radius 2 is 1.81 bits per heavy atom. The largest absolute Gasteiger partial charge is 0.416 e. The SMILES string of the molecule is O=C(NC1CC(F)(F)C1)c1cccc(Cl)c1-n1cnc(Cn2nc(-c3ccc(Cl)cc3)n(C[C@@H](O)C(F)(F)F)c2=O)n1. The van der Waals surface area contributed by atoms with Crippen LogP contribution in [0.25, 0.3) is 17.1 Å². The minimum Gasteiger partial charge on any atom is -0.382 e. The summed E-state index contributed by atoms with van der Waals surface area (Å²) >= 11 is 12.2. The van der Waals surface area contributed by atoms with E-state index in [1.54, 1.807) is 0 Å². The summed E-state index contributed by atoms with van der Waals surface area (Å²) in [7, 11) is 0. The normalized spacial score (nSPS) is 15.8. The van der Waals surface area contributed by atoms with E-state index in [0.29, 0.717) is 9.59 Å². The predicted octanol–water partition coefficient (Wildman–Crippen LogP) is 4.10. The second-order valence-electron chi connectivity index (χ2n) is 9.61. The number of hydrogen-bond acceptors (Lipinski definition) is 6. The zero-order valence-corrected chi connectivity index (χ0v) is 22.7. The number of carbonyl (C=O) groups excluding carboxylic acids is 1. The molecular formula is C25H20Cl2F5N7O3. The molecular weight excluding hydrogens is 612 g/mol. The maximum Gasteiger partial charge on any atom is 0.416 e. The lowest BCUT2D eigenvalue weighted by Gasteiger charge is -2.35. The van der Waals surface area contributed by atoms with Crippen LogP contribution in [0.4, 0.5) is 22.0 Å². The third kappa shape index (κ3) is 6.17. The number of aliphatic hydroxyl groups excluding tert-OH is 1. The first-order chi connectivity index (χ1) is 19.7. The summed E-state index contributed by atoms with van der Waals surface area (Å²) in [4.78, 5) is 30.1. The molecule has 2 N–H and O–H groups in total. The van der Waals surface area contributed by atoms with Gasteiger partial charge in [-0.25, -0.2) is 27.9 Å². The Morgan fingerprint density at radius 3 is 2.45 bits per heavy atom. The van der Waals surface area contributed by atoms with Crippen molar-refractivity contribution in [2.24, 2.45) is 0 Å². The van der Waals surface area contributed by atoms with Crippen LogP contribution in [-0.2, 0) is 13.1 Å². The van der Waals surface area contributed by atoms with Crippen LogP contribution in [0.1, 0.15) is 29.0 Å². The van der Waals surface area contributed by atoms with Gasteiger partial charge in [-0.2, -0.15) is 13.2 Å². The number of amides is 1. The minimum absolute atomic E-state index is 0.0225. The van der Waals surface area contributed by atoms with Crippen LogP contribution in [0.15, 0.2) is 53.6 Å². The Hall–Kier alpha value is -3.82. The van der Waals surface area contributed by atoms with Crippen molar-refractivity contribution in [3.63, 3.8) is 0 Å². The number of para-hydroxylation sites is 1. The van der Waals surface area contributed by atoms with Crippen LogP contribution in [0, 0.1) is 0 Å². The summed E-state index contributed by atoms with van der Waals surface area (Å²) in [6.07, 6.45) is -7.60. The molecule has 42 heavy (non-hydrogen) atoms. The topological polar surface area (TPSA) is 120 Å². The molecule has 1 amide bonds. The van der Waals surface area contributed by atoms with E-state index in [0.717, 1.165) is 9.36 Å². The van der Waals surface area contributed by atoms with Gasteiger partial charge in [0.25, 0.3) is 11.8 Å².